The van der Waals surface area contributed by atoms with Crippen LogP contribution in [0.15, 0.2) is 29.2 Å². The molecule has 0 radical (unpaired) electrons. The third-order valence-electron chi connectivity index (χ3n) is 2.42. The molecule has 1 saturated heterocycles. The molecular weight excluding hydrogens is 194 g/mol. The molecule has 1 aliphatic heterocycles. The van der Waals surface area contributed by atoms with Gasteiger partial charge in [0, 0.05) is 16.7 Å². The fourth-order valence-electron chi connectivity index (χ4n) is 1.59. The highest BCUT2D eigenvalue weighted by atomic mass is 32.2. The minimum Gasteiger partial charge on any atom is -0.392 e. The summed E-state index contributed by atoms with van der Waals surface area (Å²) in [6.07, 6.45) is 1.26. The third-order valence-corrected chi connectivity index (χ3v) is 3.70. The molecular formula is C11H15NOS. The van der Waals surface area contributed by atoms with E-state index < -0.39 is 0 Å². The van der Waals surface area contributed by atoms with Crippen LogP contribution >= 0.6 is 11.8 Å². The van der Waals surface area contributed by atoms with Gasteiger partial charge in [0.15, 0.2) is 0 Å². The van der Waals surface area contributed by atoms with Gasteiger partial charge in [-0.3, -0.25) is 0 Å². The molecule has 0 spiro atoms. The molecule has 0 amide bonds. The van der Waals surface area contributed by atoms with Gasteiger partial charge in [-0.15, -0.1) is 11.8 Å². The van der Waals surface area contributed by atoms with Crippen molar-refractivity contribution in [1.82, 2.24) is 5.32 Å². The standard InChI is InChI=1S/C11H15NOS/c13-8-9-1-3-10(4-2-9)14-11-5-6-12-7-11/h1-4,11-13H,5-8H2. The van der Waals surface area contributed by atoms with E-state index in [0.29, 0.717) is 0 Å². The summed E-state index contributed by atoms with van der Waals surface area (Å²) < 4.78 is 0. The molecule has 1 fully saturated rings. The van der Waals surface area contributed by atoms with E-state index in [9.17, 15) is 0 Å². The Bertz CT molecular complexity index is 280. The lowest BCUT2D eigenvalue weighted by atomic mass is 10.2. The van der Waals surface area contributed by atoms with Gasteiger partial charge >= 0.3 is 0 Å². The predicted octanol–water partition coefficient (Wildman–Crippen LogP) is 1.63. The van der Waals surface area contributed by atoms with Gasteiger partial charge in [-0.25, -0.2) is 0 Å². The minimum absolute atomic E-state index is 0.135. The summed E-state index contributed by atoms with van der Waals surface area (Å²) in [4.78, 5) is 1.30. The summed E-state index contributed by atoms with van der Waals surface area (Å²) in [7, 11) is 0. The topological polar surface area (TPSA) is 32.3 Å². The summed E-state index contributed by atoms with van der Waals surface area (Å²) in [5.41, 5.74) is 0.985. The smallest absolute Gasteiger partial charge is 0.0681 e. The van der Waals surface area contributed by atoms with Crippen molar-refractivity contribution in [2.75, 3.05) is 13.1 Å². The molecule has 1 heterocycles. The number of thioether (sulfide) groups is 1. The van der Waals surface area contributed by atoms with Gasteiger partial charge in [-0.2, -0.15) is 0 Å². The average Bonchev–Trinajstić information content (AvgIpc) is 2.72. The highest BCUT2D eigenvalue weighted by Gasteiger charge is 2.15. The maximum Gasteiger partial charge on any atom is 0.0681 e. The van der Waals surface area contributed by atoms with E-state index in [1.54, 1.807) is 0 Å². The molecule has 0 saturated carbocycles. The summed E-state index contributed by atoms with van der Waals surface area (Å²) in [5, 5.41) is 13.0. The van der Waals surface area contributed by atoms with E-state index in [1.165, 1.54) is 11.3 Å². The number of nitrogens with one attached hydrogen (secondary N) is 1. The van der Waals surface area contributed by atoms with Crippen LogP contribution in [0.1, 0.15) is 12.0 Å². The van der Waals surface area contributed by atoms with Crippen LogP contribution in [0.3, 0.4) is 0 Å². The Morgan fingerprint density at radius 2 is 2.14 bits per heavy atom. The van der Waals surface area contributed by atoms with Crippen LogP contribution in [0, 0.1) is 0 Å². The maximum absolute atomic E-state index is 8.90. The van der Waals surface area contributed by atoms with Crippen molar-refractivity contribution in [3.63, 3.8) is 0 Å². The van der Waals surface area contributed by atoms with E-state index in [2.05, 4.69) is 17.4 Å². The third kappa shape index (κ3) is 2.50. The van der Waals surface area contributed by atoms with Crippen molar-refractivity contribution < 1.29 is 5.11 Å². The van der Waals surface area contributed by atoms with Gasteiger partial charge in [0.2, 0.25) is 0 Å². The highest BCUT2D eigenvalue weighted by Crippen LogP contribution is 2.26. The first-order valence-corrected chi connectivity index (χ1v) is 5.83. The molecule has 3 heteroatoms. The first-order chi connectivity index (χ1) is 6.88. The largest absolute Gasteiger partial charge is 0.392 e. The van der Waals surface area contributed by atoms with E-state index in [0.717, 1.165) is 23.9 Å². The zero-order valence-corrected chi connectivity index (χ0v) is 8.89. The summed E-state index contributed by atoms with van der Waals surface area (Å²) >= 11 is 1.93. The second-order valence-electron chi connectivity index (χ2n) is 3.53. The lowest BCUT2D eigenvalue weighted by molar-refractivity contribution is 0.282. The van der Waals surface area contributed by atoms with E-state index in [4.69, 9.17) is 5.11 Å². The Morgan fingerprint density at radius 3 is 2.71 bits per heavy atom. The summed E-state index contributed by atoms with van der Waals surface area (Å²) in [5.74, 6) is 0. The van der Waals surface area contributed by atoms with E-state index in [1.807, 2.05) is 23.9 Å². The Balaban J connectivity index is 1.95. The first-order valence-electron chi connectivity index (χ1n) is 4.95. The molecule has 1 atom stereocenters. The molecule has 0 aliphatic carbocycles. The monoisotopic (exact) mass is 209 g/mol. The number of benzene rings is 1. The van der Waals surface area contributed by atoms with E-state index >= 15 is 0 Å². The normalized spacial score (nSPS) is 21.4. The molecule has 2 N–H and O–H groups in total. The minimum atomic E-state index is 0.135. The molecule has 1 aromatic rings. The van der Waals surface area contributed by atoms with Crippen molar-refractivity contribution in [2.45, 2.75) is 23.2 Å². The average molecular weight is 209 g/mol. The molecule has 2 rings (SSSR count). The molecule has 0 aromatic heterocycles. The van der Waals surface area contributed by atoms with Crippen molar-refractivity contribution in [3.05, 3.63) is 29.8 Å². The summed E-state index contributed by atoms with van der Waals surface area (Å²) in [6, 6.07) is 8.17. The van der Waals surface area contributed by atoms with Gasteiger partial charge in [0.25, 0.3) is 0 Å². The van der Waals surface area contributed by atoms with Crippen molar-refractivity contribution >= 4 is 11.8 Å². The summed E-state index contributed by atoms with van der Waals surface area (Å²) in [6.45, 7) is 2.40. The van der Waals surface area contributed by atoms with Crippen LogP contribution in [0.5, 0.6) is 0 Å². The molecule has 76 valence electrons. The molecule has 1 aliphatic rings. The highest BCUT2D eigenvalue weighted by molar-refractivity contribution is 8.00. The van der Waals surface area contributed by atoms with Crippen LogP contribution in [-0.4, -0.2) is 23.4 Å². The lowest BCUT2D eigenvalue weighted by Gasteiger charge is -2.07. The Hall–Kier alpha value is -0.510. The fraction of sp³-hybridized carbons (Fsp3) is 0.455. The lowest BCUT2D eigenvalue weighted by Crippen LogP contribution is -2.09. The number of hydrogen-bond donors (Lipinski definition) is 2. The van der Waals surface area contributed by atoms with Gasteiger partial charge in [0.05, 0.1) is 6.61 Å². The second kappa shape index (κ2) is 4.82. The SMILES string of the molecule is OCc1ccc(SC2CCNC2)cc1. The van der Waals surface area contributed by atoms with Crippen LogP contribution in [-0.2, 0) is 6.61 Å². The first kappa shape index (κ1) is 10.0. The van der Waals surface area contributed by atoms with Crippen molar-refractivity contribution in [2.24, 2.45) is 0 Å². The fourth-order valence-corrected chi connectivity index (χ4v) is 2.71. The Kier molecular flexibility index (Phi) is 3.45. The molecule has 1 aromatic carbocycles. The number of aliphatic hydroxyl groups excluding tert-OH is 1. The number of hydrogen-bond acceptors (Lipinski definition) is 3. The zero-order valence-electron chi connectivity index (χ0n) is 8.07. The van der Waals surface area contributed by atoms with Crippen molar-refractivity contribution in [1.29, 1.82) is 0 Å². The van der Waals surface area contributed by atoms with E-state index in [-0.39, 0.29) is 6.61 Å². The van der Waals surface area contributed by atoms with Crippen LogP contribution in [0.25, 0.3) is 0 Å². The quantitative estimate of drug-likeness (QED) is 0.793. The number of rotatable bonds is 3. The van der Waals surface area contributed by atoms with Crippen LogP contribution in [0.4, 0.5) is 0 Å². The van der Waals surface area contributed by atoms with Crippen LogP contribution < -0.4 is 5.32 Å². The van der Waals surface area contributed by atoms with Gasteiger partial charge in [-0.1, -0.05) is 12.1 Å². The van der Waals surface area contributed by atoms with Gasteiger partial charge in [0.1, 0.15) is 0 Å². The molecule has 14 heavy (non-hydrogen) atoms. The van der Waals surface area contributed by atoms with Gasteiger partial charge < -0.3 is 10.4 Å². The Morgan fingerprint density at radius 1 is 1.36 bits per heavy atom. The zero-order chi connectivity index (χ0) is 9.80. The van der Waals surface area contributed by atoms with Gasteiger partial charge in [-0.05, 0) is 30.7 Å². The van der Waals surface area contributed by atoms with Crippen LogP contribution in [0.2, 0.25) is 0 Å². The second-order valence-corrected chi connectivity index (χ2v) is 4.91. The molecule has 1 unspecified atom stereocenters. The number of aliphatic hydroxyl groups is 1. The Labute approximate surface area is 88.7 Å². The predicted molar refractivity (Wildman–Crippen MR) is 59.5 cm³/mol. The van der Waals surface area contributed by atoms with Crippen molar-refractivity contribution in [3.8, 4) is 0 Å². The molecule has 2 nitrogen and oxygen atoms in total. The maximum atomic E-state index is 8.90. The molecule has 0 bridgehead atoms.